The number of benzene rings is 2. The molecule has 20 heavy (non-hydrogen) atoms. The van der Waals surface area contributed by atoms with Crippen LogP contribution in [0.1, 0.15) is 11.1 Å². The molecule has 0 aliphatic rings. The molecule has 2 aromatic carbocycles. The normalized spacial score (nSPS) is 10.3. The fourth-order valence-electron chi connectivity index (χ4n) is 1.94. The summed E-state index contributed by atoms with van der Waals surface area (Å²) in [4.78, 5) is 13.0. The van der Waals surface area contributed by atoms with E-state index in [0.717, 1.165) is 21.7 Å². The van der Waals surface area contributed by atoms with Gasteiger partial charge in [0.05, 0.1) is 5.75 Å². The summed E-state index contributed by atoms with van der Waals surface area (Å²) in [6, 6.07) is 13.5. The number of carbonyl (C=O) groups is 1. The Labute approximate surface area is 123 Å². The van der Waals surface area contributed by atoms with Crippen LogP contribution in [-0.2, 0) is 4.79 Å². The molecule has 0 bridgehead atoms. The lowest BCUT2D eigenvalue weighted by Crippen LogP contribution is -2.15. The molecule has 2 rings (SSSR count). The number of amides is 1. The van der Waals surface area contributed by atoms with Crippen LogP contribution >= 0.6 is 11.8 Å². The van der Waals surface area contributed by atoms with E-state index >= 15 is 0 Å². The first-order valence-electron chi connectivity index (χ1n) is 6.41. The van der Waals surface area contributed by atoms with E-state index in [1.54, 1.807) is 0 Å². The molecule has 0 heterocycles. The summed E-state index contributed by atoms with van der Waals surface area (Å²) in [6.07, 6.45) is 0. The van der Waals surface area contributed by atoms with Crippen molar-refractivity contribution in [1.82, 2.24) is 0 Å². The van der Waals surface area contributed by atoms with E-state index in [1.807, 2.05) is 56.3 Å². The molecule has 3 N–H and O–H groups in total. The Bertz CT molecular complexity index is 605. The first-order chi connectivity index (χ1) is 9.58. The molecule has 0 aliphatic carbocycles. The molecule has 0 atom stereocenters. The summed E-state index contributed by atoms with van der Waals surface area (Å²) < 4.78 is 0. The summed E-state index contributed by atoms with van der Waals surface area (Å²) in [5.74, 6) is 0.331. The van der Waals surface area contributed by atoms with Crippen LogP contribution < -0.4 is 11.1 Å². The largest absolute Gasteiger partial charge is 0.398 e. The average molecular weight is 286 g/mol. The third-order valence-electron chi connectivity index (χ3n) is 3.02. The van der Waals surface area contributed by atoms with Gasteiger partial charge in [-0.25, -0.2) is 0 Å². The molecule has 0 saturated heterocycles. The van der Waals surface area contributed by atoms with E-state index in [2.05, 4.69) is 5.32 Å². The van der Waals surface area contributed by atoms with E-state index in [0.29, 0.717) is 11.4 Å². The Kier molecular flexibility index (Phi) is 4.69. The molecular weight excluding hydrogens is 268 g/mol. The van der Waals surface area contributed by atoms with Gasteiger partial charge in [0, 0.05) is 16.3 Å². The summed E-state index contributed by atoms with van der Waals surface area (Å²) in [6.45, 7) is 3.98. The Morgan fingerprint density at radius 2 is 1.75 bits per heavy atom. The van der Waals surface area contributed by atoms with Gasteiger partial charge in [-0.3, -0.25) is 4.79 Å². The van der Waals surface area contributed by atoms with Gasteiger partial charge in [0.2, 0.25) is 5.91 Å². The van der Waals surface area contributed by atoms with Crippen molar-refractivity contribution in [2.75, 3.05) is 16.8 Å². The minimum absolute atomic E-state index is 0.0179. The molecule has 0 aliphatic heterocycles. The van der Waals surface area contributed by atoms with Gasteiger partial charge < -0.3 is 11.1 Å². The lowest BCUT2D eigenvalue weighted by molar-refractivity contribution is -0.113. The number of carbonyl (C=O) groups excluding carboxylic acids is 1. The Balaban J connectivity index is 1.98. The lowest BCUT2D eigenvalue weighted by atomic mass is 10.1. The maximum Gasteiger partial charge on any atom is 0.234 e. The van der Waals surface area contributed by atoms with Crippen molar-refractivity contribution in [1.29, 1.82) is 0 Å². The summed E-state index contributed by atoms with van der Waals surface area (Å²) in [7, 11) is 0. The average Bonchev–Trinajstić information content (AvgIpc) is 2.42. The number of anilines is 2. The van der Waals surface area contributed by atoms with Crippen molar-refractivity contribution in [3.05, 3.63) is 53.6 Å². The van der Waals surface area contributed by atoms with E-state index in [9.17, 15) is 4.79 Å². The summed E-state index contributed by atoms with van der Waals surface area (Å²) in [5, 5.41) is 2.97. The zero-order chi connectivity index (χ0) is 14.5. The second kappa shape index (κ2) is 6.48. The van der Waals surface area contributed by atoms with Crippen molar-refractivity contribution in [2.45, 2.75) is 18.7 Å². The fourth-order valence-corrected chi connectivity index (χ4v) is 2.71. The highest BCUT2D eigenvalue weighted by Gasteiger charge is 2.08. The van der Waals surface area contributed by atoms with Crippen molar-refractivity contribution < 1.29 is 4.79 Å². The number of hydrogen-bond donors (Lipinski definition) is 2. The highest BCUT2D eigenvalue weighted by molar-refractivity contribution is 8.00. The lowest BCUT2D eigenvalue weighted by Gasteiger charge is -2.11. The Morgan fingerprint density at radius 3 is 2.40 bits per heavy atom. The van der Waals surface area contributed by atoms with Crippen LogP contribution in [0.2, 0.25) is 0 Å². The number of thioether (sulfide) groups is 1. The molecule has 0 radical (unpaired) electrons. The number of nitrogen functional groups attached to an aromatic ring is 1. The number of nitrogens with one attached hydrogen (secondary N) is 1. The van der Waals surface area contributed by atoms with Crippen LogP contribution in [0, 0.1) is 13.8 Å². The van der Waals surface area contributed by atoms with E-state index in [1.165, 1.54) is 11.8 Å². The predicted molar refractivity (Wildman–Crippen MR) is 86.1 cm³/mol. The third kappa shape index (κ3) is 3.54. The number of aryl methyl sites for hydroxylation is 2. The molecule has 0 unspecified atom stereocenters. The number of rotatable bonds is 4. The van der Waals surface area contributed by atoms with Crippen molar-refractivity contribution in [3.63, 3.8) is 0 Å². The number of para-hydroxylation sites is 2. The third-order valence-corrected chi connectivity index (χ3v) is 4.11. The van der Waals surface area contributed by atoms with Crippen molar-refractivity contribution in [3.8, 4) is 0 Å². The van der Waals surface area contributed by atoms with Gasteiger partial charge in [-0.05, 0) is 37.1 Å². The van der Waals surface area contributed by atoms with Crippen LogP contribution in [0.25, 0.3) is 0 Å². The van der Waals surface area contributed by atoms with Crippen molar-refractivity contribution in [2.24, 2.45) is 0 Å². The van der Waals surface area contributed by atoms with Crippen LogP contribution in [-0.4, -0.2) is 11.7 Å². The molecule has 0 fully saturated rings. The Morgan fingerprint density at radius 1 is 1.10 bits per heavy atom. The van der Waals surface area contributed by atoms with Crippen LogP contribution in [0.3, 0.4) is 0 Å². The molecule has 1 amide bonds. The highest BCUT2D eigenvalue weighted by Crippen LogP contribution is 2.25. The van der Waals surface area contributed by atoms with Gasteiger partial charge in [-0.1, -0.05) is 30.3 Å². The van der Waals surface area contributed by atoms with Crippen molar-refractivity contribution >= 4 is 29.0 Å². The van der Waals surface area contributed by atoms with Gasteiger partial charge in [0.15, 0.2) is 0 Å². The molecule has 4 heteroatoms. The molecule has 2 aromatic rings. The van der Waals surface area contributed by atoms with Gasteiger partial charge in [0.1, 0.15) is 0 Å². The first kappa shape index (κ1) is 14.5. The summed E-state index contributed by atoms with van der Waals surface area (Å²) in [5.41, 5.74) is 9.61. The molecule has 0 saturated carbocycles. The smallest absolute Gasteiger partial charge is 0.234 e. The monoisotopic (exact) mass is 286 g/mol. The Hall–Kier alpha value is -1.94. The number of nitrogens with two attached hydrogens (primary N) is 1. The van der Waals surface area contributed by atoms with Gasteiger partial charge in [-0.15, -0.1) is 11.8 Å². The topological polar surface area (TPSA) is 55.1 Å². The maximum absolute atomic E-state index is 12.0. The fraction of sp³-hybridized carbons (Fsp3) is 0.188. The van der Waals surface area contributed by atoms with Gasteiger partial charge in [0.25, 0.3) is 0 Å². The maximum atomic E-state index is 12.0. The van der Waals surface area contributed by atoms with E-state index in [4.69, 9.17) is 5.73 Å². The summed E-state index contributed by atoms with van der Waals surface area (Å²) >= 11 is 1.45. The van der Waals surface area contributed by atoms with Gasteiger partial charge in [-0.2, -0.15) is 0 Å². The van der Waals surface area contributed by atoms with Gasteiger partial charge >= 0.3 is 0 Å². The quantitative estimate of drug-likeness (QED) is 0.667. The van der Waals surface area contributed by atoms with Crippen LogP contribution in [0.5, 0.6) is 0 Å². The highest BCUT2D eigenvalue weighted by atomic mass is 32.2. The molecule has 0 spiro atoms. The predicted octanol–water partition coefficient (Wildman–Crippen LogP) is 3.62. The zero-order valence-corrected chi connectivity index (χ0v) is 12.5. The minimum Gasteiger partial charge on any atom is -0.398 e. The van der Waals surface area contributed by atoms with E-state index in [-0.39, 0.29) is 5.91 Å². The molecule has 3 nitrogen and oxygen atoms in total. The second-order valence-corrected chi connectivity index (χ2v) is 5.66. The standard InChI is InChI=1S/C16H18N2OS/c1-11-6-5-7-12(2)16(11)18-15(19)10-20-14-9-4-3-8-13(14)17/h3-9H,10,17H2,1-2H3,(H,18,19). The SMILES string of the molecule is Cc1cccc(C)c1NC(=O)CSc1ccccc1N. The minimum atomic E-state index is -0.0179. The van der Waals surface area contributed by atoms with Crippen LogP contribution in [0.15, 0.2) is 47.4 Å². The molecule has 0 aromatic heterocycles. The van der Waals surface area contributed by atoms with E-state index < -0.39 is 0 Å². The zero-order valence-electron chi connectivity index (χ0n) is 11.6. The van der Waals surface area contributed by atoms with Crippen LogP contribution in [0.4, 0.5) is 11.4 Å². The molecular formula is C16H18N2OS. The molecule has 104 valence electrons. The first-order valence-corrected chi connectivity index (χ1v) is 7.40. The number of hydrogen-bond acceptors (Lipinski definition) is 3. The second-order valence-electron chi connectivity index (χ2n) is 4.64.